The number of piperidine rings is 1. The van der Waals surface area contributed by atoms with Crippen LogP contribution in [0.5, 0.6) is 0 Å². The highest BCUT2D eigenvalue weighted by atomic mass is 16.2. The molecule has 2 fully saturated rings. The lowest BCUT2D eigenvalue weighted by molar-refractivity contribution is -0.138. The Hall–Kier alpha value is -1.10. The number of likely N-dealkylation sites (N-methyl/N-ethyl adjacent to an activating group) is 1. The quantitative estimate of drug-likeness (QED) is 0.810. The molecule has 2 aliphatic rings. The summed E-state index contributed by atoms with van der Waals surface area (Å²) in [5, 5.41) is 3.00. The molecular weight excluding hydrogens is 302 g/mol. The van der Waals surface area contributed by atoms with Crippen LogP contribution in [0.3, 0.4) is 0 Å². The highest BCUT2D eigenvalue weighted by molar-refractivity contribution is 5.82. The molecule has 1 atom stereocenters. The molecule has 0 spiro atoms. The second-order valence-electron chi connectivity index (χ2n) is 7.52. The van der Waals surface area contributed by atoms with Gasteiger partial charge in [-0.1, -0.05) is 26.2 Å². The number of carbonyl (C=O) groups is 2. The van der Waals surface area contributed by atoms with Gasteiger partial charge in [-0.2, -0.15) is 0 Å². The monoisotopic (exact) mass is 337 g/mol. The second kappa shape index (κ2) is 9.40. The van der Waals surface area contributed by atoms with Crippen LogP contribution >= 0.6 is 0 Å². The summed E-state index contributed by atoms with van der Waals surface area (Å²) in [6.07, 6.45) is 8.79. The highest BCUT2D eigenvalue weighted by Gasteiger charge is 2.32. The Labute approximate surface area is 147 Å². The molecule has 5 nitrogen and oxygen atoms in total. The zero-order valence-corrected chi connectivity index (χ0v) is 15.7. The number of likely N-dealkylation sites (tertiary alicyclic amines) is 1. The predicted octanol–water partition coefficient (Wildman–Crippen LogP) is 2.40. The molecule has 24 heavy (non-hydrogen) atoms. The average Bonchev–Trinajstić information content (AvgIpc) is 2.65. The Morgan fingerprint density at radius 3 is 2.33 bits per heavy atom. The van der Waals surface area contributed by atoms with Crippen LogP contribution in [0, 0.1) is 5.92 Å². The zero-order chi connectivity index (χ0) is 17.5. The summed E-state index contributed by atoms with van der Waals surface area (Å²) in [4.78, 5) is 29.1. The largest absolute Gasteiger partial charge is 0.356 e. The van der Waals surface area contributed by atoms with Gasteiger partial charge in [0.05, 0.1) is 6.04 Å². The molecule has 0 aromatic rings. The molecule has 0 aromatic heterocycles. The summed E-state index contributed by atoms with van der Waals surface area (Å²) < 4.78 is 0. The van der Waals surface area contributed by atoms with Gasteiger partial charge in [0, 0.05) is 25.6 Å². The molecule has 2 amide bonds. The third-order valence-corrected chi connectivity index (χ3v) is 5.82. The molecule has 1 unspecified atom stereocenters. The van der Waals surface area contributed by atoms with Gasteiger partial charge in [0.2, 0.25) is 11.8 Å². The summed E-state index contributed by atoms with van der Waals surface area (Å²) in [5.41, 5.74) is 0. The van der Waals surface area contributed by atoms with Gasteiger partial charge in [-0.3, -0.25) is 14.5 Å². The molecule has 1 heterocycles. The van der Waals surface area contributed by atoms with Crippen LogP contribution in [0.15, 0.2) is 0 Å². The van der Waals surface area contributed by atoms with Crippen LogP contribution in [-0.2, 0) is 9.59 Å². The van der Waals surface area contributed by atoms with Crippen LogP contribution in [-0.4, -0.2) is 60.4 Å². The molecule has 1 saturated carbocycles. The topological polar surface area (TPSA) is 52.7 Å². The van der Waals surface area contributed by atoms with E-state index in [1.165, 1.54) is 19.3 Å². The van der Waals surface area contributed by atoms with Crippen molar-refractivity contribution < 1.29 is 9.59 Å². The van der Waals surface area contributed by atoms with Crippen molar-refractivity contribution in [2.24, 2.45) is 5.92 Å². The highest BCUT2D eigenvalue weighted by Crippen LogP contribution is 2.24. The molecule has 5 heteroatoms. The maximum atomic E-state index is 12.8. The number of nitrogens with one attached hydrogen (secondary N) is 1. The van der Waals surface area contributed by atoms with Crippen molar-refractivity contribution in [1.82, 2.24) is 15.1 Å². The fraction of sp³-hybridized carbons (Fsp3) is 0.895. The Kier molecular flexibility index (Phi) is 7.53. The summed E-state index contributed by atoms with van der Waals surface area (Å²) >= 11 is 0. The number of rotatable bonds is 6. The van der Waals surface area contributed by atoms with Crippen LogP contribution in [0.1, 0.15) is 65.2 Å². The first-order valence-corrected chi connectivity index (χ1v) is 9.83. The van der Waals surface area contributed by atoms with Crippen molar-refractivity contribution in [3.05, 3.63) is 0 Å². The Balaban J connectivity index is 1.79. The summed E-state index contributed by atoms with van der Waals surface area (Å²) in [5.74, 6) is 0.553. The Morgan fingerprint density at radius 2 is 1.75 bits per heavy atom. The van der Waals surface area contributed by atoms with E-state index in [0.29, 0.717) is 6.04 Å². The normalized spacial score (nSPS) is 22.1. The van der Waals surface area contributed by atoms with Crippen LogP contribution < -0.4 is 5.32 Å². The second-order valence-corrected chi connectivity index (χ2v) is 7.52. The summed E-state index contributed by atoms with van der Waals surface area (Å²) in [6, 6.07) is 0.350. The molecule has 0 aromatic carbocycles. The minimum Gasteiger partial charge on any atom is -0.356 e. The Bertz CT molecular complexity index is 413. The molecule has 1 saturated heterocycles. The first kappa shape index (κ1) is 19.2. The van der Waals surface area contributed by atoms with Gasteiger partial charge < -0.3 is 10.2 Å². The smallest absolute Gasteiger partial charge is 0.239 e. The van der Waals surface area contributed by atoms with Gasteiger partial charge in [-0.25, -0.2) is 0 Å². The van der Waals surface area contributed by atoms with Crippen molar-refractivity contribution in [3.8, 4) is 0 Å². The summed E-state index contributed by atoms with van der Waals surface area (Å²) in [7, 11) is 1.97. The van der Waals surface area contributed by atoms with Gasteiger partial charge in [0.1, 0.15) is 0 Å². The molecule has 1 aliphatic carbocycles. The van der Waals surface area contributed by atoms with Crippen molar-refractivity contribution in [2.75, 3.05) is 26.7 Å². The van der Waals surface area contributed by atoms with E-state index in [-0.39, 0.29) is 23.8 Å². The van der Waals surface area contributed by atoms with E-state index in [1.54, 1.807) is 0 Å². The van der Waals surface area contributed by atoms with Crippen LogP contribution in [0.25, 0.3) is 0 Å². The standard InChI is InChI=1S/C19H35N3O2/c1-4-12-20-18(23)16-10-13-22(14-11-16)15(2)19(24)21(3)17-8-6-5-7-9-17/h15-17H,4-14H2,1-3H3,(H,20,23). The van der Waals surface area contributed by atoms with Crippen molar-refractivity contribution in [2.45, 2.75) is 77.3 Å². The average molecular weight is 338 g/mol. The van der Waals surface area contributed by atoms with E-state index in [0.717, 1.165) is 51.7 Å². The van der Waals surface area contributed by atoms with Gasteiger partial charge in [0.25, 0.3) is 0 Å². The molecule has 0 bridgehead atoms. The lowest BCUT2D eigenvalue weighted by Crippen LogP contribution is -2.52. The number of carbonyl (C=O) groups excluding carboxylic acids is 2. The van der Waals surface area contributed by atoms with E-state index in [1.807, 2.05) is 18.9 Å². The fourth-order valence-corrected chi connectivity index (χ4v) is 4.04. The minimum atomic E-state index is -0.0726. The first-order valence-electron chi connectivity index (χ1n) is 9.83. The molecule has 2 rings (SSSR count). The lowest BCUT2D eigenvalue weighted by atomic mass is 9.93. The number of amides is 2. The molecule has 1 N–H and O–H groups in total. The maximum absolute atomic E-state index is 12.8. The van der Waals surface area contributed by atoms with Crippen LogP contribution in [0.4, 0.5) is 0 Å². The Morgan fingerprint density at radius 1 is 1.12 bits per heavy atom. The molecule has 0 radical (unpaired) electrons. The van der Waals surface area contributed by atoms with Gasteiger partial charge in [-0.15, -0.1) is 0 Å². The van der Waals surface area contributed by atoms with Crippen molar-refractivity contribution >= 4 is 11.8 Å². The van der Waals surface area contributed by atoms with E-state index < -0.39 is 0 Å². The maximum Gasteiger partial charge on any atom is 0.239 e. The van der Waals surface area contributed by atoms with Crippen molar-refractivity contribution in [1.29, 1.82) is 0 Å². The van der Waals surface area contributed by atoms with E-state index in [4.69, 9.17) is 0 Å². The third-order valence-electron chi connectivity index (χ3n) is 5.82. The number of hydrogen-bond donors (Lipinski definition) is 1. The first-order chi connectivity index (χ1) is 11.5. The molecule has 1 aliphatic heterocycles. The zero-order valence-electron chi connectivity index (χ0n) is 15.7. The predicted molar refractivity (Wildman–Crippen MR) is 96.7 cm³/mol. The van der Waals surface area contributed by atoms with Gasteiger partial charge >= 0.3 is 0 Å². The number of hydrogen-bond acceptors (Lipinski definition) is 3. The molecule has 138 valence electrons. The lowest BCUT2D eigenvalue weighted by Gasteiger charge is -2.39. The van der Waals surface area contributed by atoms with Gasteiger partial charge in [-0.05, 0) is 52.1 Å². The van der Waals surface area contributed by atoms with Crippen LogP contribution in [0.2, 0.25) is 0 Å². The van der Waals surface area contributed by atoms with Gasteiger partial charge in [0.15, 0.2) is 0 Å². The van der Waals surface area contributed by atoms with E-state index in [2.05, 4.69) is 17.1 Å². The minimum absolute atomic E-state index is 0.0726. The third kappa shape index (κ3) is 4.95. The summed E-state index contributed by atoms with van der Waals surface area (Å²) in [6.45, 7) is 6.55. The molecular formula is C19H35N3O2. The SMILES string of the molecule is CCCNC(=O)C1CCN(C(C)C(=O)N(C)C2CCCCC2)CC1. The van der Waals surface area contributed by atoms with E-state index >= 15 is 0 Å². The van der Waals surface area contributed by atoms with E-state index in [9.17, 15) is 9.59 Å². The number of nitrogens with zero attached hydrogens (tertiary/aromatic N) is 2. The van der Waals surface area contributed by atoms with Crippen molar-refractivity contribution in [3.63, 3.8) is 0 Å². The fourth-order valence-electron chi connectivity index (χ4n) is 4.04.